The maximum atomic E-state index is 6.75. The third-order valence-electron chi connectivity index (χ3n) is 9.90. The summed E-state index contributed by atoms with van der Waals surface area (Å²) >= 11 is 0. The standard InChI is InChI=1S/C47H44N4O/c1-32-25-34(33-13-9-8-10-14-33)17-20-42(32)50-24-23-49(31-50)37-26-36(47(5,6)7)27-39(29-37)52-38-18-19-41-40-15-11-12-16-43(40)51(44(41)30-38)45-28-35(21-22-48-45)46(2,3)4/h8-30H,1-7H3. The van der Waals surface area contributed by atoms with Crippen LogP contribution in [0.3, 0.4) is 0 Å². The molecule has 5 heteroatoms. The molecule has 52 heavy (non-hydrogen) atoms. The van der Waals surface area contributed by atoms with Gasteiger partial charge in [0.2, 0.25) is 0 Å². The van der Waals surface area contributed by atoms with Gasteiger partial charge in [0.25, 0.3) is 6.33 Å². The first-order chi connectivity index (χ1) is 24.9. The summed E-state index contributed by atoms with van der Waals surface area (Å²) in [5.74, 6) is 2.43. The SMILES string of the molecule is Cc1cc(-c2ccccc2)ccc1-[n+]1[c-]n(-c2cc(Oc3ccc4c5ccccc5n(-c5cc(C(C)(C)C)ccn5)c4c3)cc(C(C)(C)C)c2)cc1. The lowest BCUT2D eigenvalue weighted by Crippen LogP contribution is -2.29. The molecular formula is C47H44N4O. The number of imidazole rings is 1. The number of rotatable bonds is 6. The van der Waals surface area contributed by atoms with Crippen LogP contribution in [0, 0.1) is 13.3 Å². The van der Waals surface area contributed by atoms with E-state index in [4.69, 9.17) is 9.72 Å². The van der Waals surface area contributed by atoms with Crippen molar-refractivity contribution in [2.75, 3.05) is 0 Å². The number of hydrogen-bond acceptors (Lipinski definition) is 2. The second-order valence-corrected chi connectivity index (χ2v) is 15.8. The number of pyridine rings is 1. The fourth-order valence-corrected chi connectivity index (χ4v) is 6.95. The Labute approximate surface area is 306 Å². The second-order valence-electron chi connectivity index (χ2n) is 15.8. The molecule has 0 radical (unpaired) electrons. The van der Waals surface area contributed by atoms with Crippen LogP contribution in [0.5, 0.6) is 11.5 Å². The minimum Gasteiger partial charge on any atom is -0.458 e. The van der Waals surface area contributed by atoms with Gasteiger partial charge in [-0.05, 0) is 100 Å². The second kappa shape index (κ2) is 12.7. The van der Waals surface area contributed by atoms with E-state index in [0.29, 0.717) is 0 Å². The van der Waals surface area contributed by atoms with Gasteiger partial charge in [-0.2, -0.15) is 0 Å². The van der Waals surface area contributed by atoms with Crippen molar-refractivity contribution >= 4 is 21.8 Å². The Morgan fingerprint density at radius 2 is 1.38 bits per heavy atom. The molecule has 0 aliphatic heterocycles. The van der Waals surface area contributed by atoms with E-state index in [1.54, 1.807) is 0 Å². The number of fused-ring (bicyclic) bond motifs is 3. The van der Waals surface area contributed by atoms with Crippen molar-refractivity contribution in [3.05, 3.63) is 163 Å². The van der Waals surface area contributed by atoms with Crippen LogP contribution < -0.4 is 9.30 Å². The van der Waals surface area contributed by atoms with E-state index in [2.05, 4.69) is 192 Å². The highest BCUT2D eigenvalue weighted by Gasteiger charge is 2.20. The zero-order valence-electron chi connectivity index (χ0n) is 31.0. The molecule has 5 nitrogen and oxygen atoms in total. The minimum absolute atomic E-state index is 0.00272. The van der Waals surface area contributed by atoms with Gasteiger partial charge < -0.3 is 4.74 Å². The van der Waals surface area contributed by atoms with Crippen molar-refractivity contribution in [1.29, 1.82) is 0 Å². The summed E-state index contributed by atoms with van der Waals surface area (Å²) in [4.78, 5) is 4.85. The minimum atomic E-state index is -0.0960. The molecule has 0 fully saturated rings. The molecule has 8 rings (SSSR count). The van der Waals surface area contributed by atoms with Gasteiger partial charge in [0.1, 0.15) is 17.3 Å². The molecule has 0 aliphatic carbocycles. The Morgan fingerprint density at radius 1 is 0.635 bits per heavy atom. The van der Waals surface area contributed by atoms with Crippen molar-refractivity contribution in [3.63, 3.8) is 0 Å². The molecule has 0 N–H and O–H groups in total. The van der Waals surface area contributed by atoms with Crippen molar-refractivity contribution < 1.29 is 9.30 Å². The lowest BCUT2D eigenvalue weighted by atomic mass is 9.86. The van der Waals surface area contributed by atoms with Crippen LogP contribution in [0.25, 0.3) is 50.1 Å². The molecule has 258 valence electrons. The summed E-state index contributed by atoms with van der Waals surface area (Å²) in [6.45, 7) is 15.6. The Balaban J connectivity index is 1.17. The number of para-hydroxylation sites is 1. The average molecular weight is 681 g/mol. The van der Waals surface area contributed by atoms with Gasteiger partial charge in [0.15, 0.2) is 0 Å². The zero-order chi connectivity index (χ0) is 36.2. The summed E-state index contributed by atoms with van der Waals surface area (Å²) in [7, 11) is 0. The highest BCUT2D eigenvalue weighted by Crippen LogP contribution is 2.37. The summed E-state index contributed by atoms with van der Waals surface area (Å²) in [6.07, 6.45) is 9.59. The maximum Gasteiger partial charge on any atom is 0.268 e. The molecular weight excluding hydrogens is 637 g/mol. The lowest BCUT2D eigenvalue weighted by Gasteiger charge is -2.22. The number of benzene rings is 5. The summed E-state index contributed by atoms with van der Waals surface area (Å²) in [5.41, 5.74) is 10.2. The number of hydrogen-bond donors (Lipinski definition) is 0. The first-order valence-electron chi connectivity index (χ1n) is 18.0. The van der Waals surface area contributed by atoms with Crippen molar-refractivity contribution in [2.45, 2.75) is 59.3 Å². The molecule has 5 aromatic carbocycles. The van der Waals surface area contributed by atoms with E-state index >= 15 is 0 Å². The van der Waals surface area contributed by atoms with E-state index < -0.39 is 0 Å². The largest absolute Gasteiger partial charge is 0.458 e. The van der Waals surface area contributed by atoms with Gasteiger partial charge in [-0.1, -0.05) is 102 Å². The monoisotopic (exact) mass is 680 g/mol. The molecule has 0 spiro atoms. The van der Waals surface area contributed by atoms with Crippen LogP contribution in [-0.4, -0.2) is 14.1 Å². The fourth-order valence-electron chi connectivity index (χ4n) is 6.95. The van der Waals surface area contributed by atoms with Crippen LogP contribution in [-0.2, 0) is 10.8 Å². The normalized spacial score (nSPS) is 12.1. The number of aryl methyl sites for hydroxylation is 1. The van der Waals surface area contributed by atoms with Crippen LogP contribution in [0.15, 0.2) is 140 Å². The van der Waals surface area contributed by atoms with Crippen molar-refractivity contribution in [2.24, 2.45) is 0 Å². The Morgan fingerprint density at radius 3 is 2.15 bits per heavy atom. The molecule has 0 aliphatic rings. The Bertz CT molecular complexity index is 2580. The van der Waals surface area contributed by atoms with E-state index in [9.17, 15) is 0 Å². The molecule has 0 atom stereocenters. The first-order valence-corrected chi connectivity index (χ1v) is 18.0. The summed E-state index contributed by atoms with van der Waals surface area (Å²) in [5, 5.41) is 2.35. The van der Waals surface area contributed by atoms with E-state index in [1.807, 2.05) is 16.8 Å². The van der Waals surface area contributed by atoms with Gasteiger partial charge in [-0.25, -0.2) is 4.98 Å². The van der Waals surface area contributed by atoms with Crippen molar-refractivity contribution in [3.8, 4) is 39.8 Å². The molecule has 0 amide bonds. The predicted octanol–water partition coefficient (Wildman–Crippen LogP) is 11.4. The zero-order valence-corrected chi connectivity index (χ0v) is 31.0. The molecule has 0 saturated heterocycles. The van der Waals surface area contributed by atoms with Crippen molar-refractivity contribution in [1.82, 2.24) is 14.1 Å². The third-order valence-corrected chi connectivity index (χ3v) is 9.90. The van der Waals surface area contributed by atoms with Gasteiger partial charge in [0.05, 0.1) is 22.4 Å². The topological polar surface area (TPSA) is 35.9 Å². The molecule has 0 unspecified atom stereocenters. The average Bonchev–Trinajstić information content (AvgIpc) is 3.74. The van der Waals surface area contributed by atoms with Crippen LogP contribution >= 0.6 is 0 Å². The Kier molecular flexibility index (Phi) is 8.10. The highest BCUT2D eigenvalue weighted by molar-refractivity contribution is 6.09. The molecule has 0 bridgehead atoms. The van der Waals surface area contributed by atoms with Crippen LogP contribution in [0.4, 0.5) is 0 Å². The van der Waals surface area contributed by atoms with Gasteiger partial charge >= 0.3 is 0 Å². The quantitative estimate of drug-likeness (QED) is 0.129. The predicted molar refractivity (Wildman–Crippen MR) is 212 cm³/mol. The van der Waals surface area contributed by atoms with Gasteiger partial charge in [0, 0.05) is 35.4 Å². The first kappa shape index (κ1) is 33.2. The molecule has 3 heterocycles. The molecule has 8 aromatic rings. The van der Waals surface area contributed by atoms with E-state index in [-0.39, 0.29) is 10.8 Å². The summed E-state index contributed by atoms with van der Waals surface area (Å²) in [6, 6.07) is 42.8. The third kappa shape index (κ3) is 6.28. The van der Waals surface area contributed by atoms with Gasteiger partial charge in [-0.15, -0.1) is 0 Å². The maximum absolute atomic E-state index is 6.75. The van der Waals surface area contributed by atoms with Crippen LogP contribution in [0.1, 0.15) is 58.2 Å². The number of ether oxygens (including phenoxy) is 1. The molecule has 0 saturated carbocycles. The van der Waals surface area contributed by atoms with Crippen LogP contribution in [0.2, 0.25) is 0 Å². The number of nitrogens with zero attached hydrogens (tertiary/aromatic N) is 4. The molecule has 3 aromatic heterocycles. The fraction of sp³-hybridized carbons (Fsp3) is 0.191. The van der Waals surface area contributed by atoms with E-state index in [1.165, 1.54) is 33.2 Å². The smallest absolute Gasteiger partial charge is 0.268 e. The van der Waals surface area contributed by atoms with Gasteiger partial charge in [-0.3, -0.25) is 13.7 Å². The van der Waals surface area contributed by atoms with E-state index in [0.717, 1.165) is 45.1 Å². The highest BCUT2D eigenvalue weighted by atomic mass is 16.5. The Hall–Kier alpha value is -5.94. The lowest BCUT2D eigenvalue weighted by molar-refractivity contribution is -0.599. The summed E-state index contributed by atoms with van der Waals surface area (Å²) < 4.78 is 13.1. The number of aromatic nitrogens is 4.